The molecule has 0 radical (unpaired) electrons. The molecule has 1 atom stereocenters. The molecule has 0 saturated carbocycles. The Morgan fingerprint density at radius 3 is 2.61 bits per heavy atom. The molecule has 8 heteroatoms. The van der Waals surface area contributed by atoms with E-state index in [0.29, 0.717) is 6.54 Å². The van der Waals surface area contributed by atoms with Gasteiger partial charge in [0.25, 0.3) is 0 Å². The van der Waals surface area contributed by atoms with Crippen molar-refractivity contribution in [3.63, 3.8) is 0 Å². The predicted molar refractivity (Wildman–Crippen MR) is 66.9 cm³/mol. The molecule has 1 aromatic rings. The number of nitrogens with zero attached hydrogens (tertiary/aromatic N) is 2. The minimum Gasteiger partial charge on any atom is -0.316 e. The van der Waals surface area contributed by atoms with Crippen LogP contribution in [0.3, 0.4) is 0 Å². The quantitative estimate of drug-likeness (QED) is 0.836. The van der Waals surface area contributed by atoms with Crippen molar-refractivity contribution in [3.05, 3.63) is 18.2 Å². The Hall–Kier alpha value is -0.790. The fourth-order valence-corrected chi connectivity index (χ4v) is 3.39. The molecule has 0 amide bonds. The Bertz CT molecular complexity index is 474. The molecule has 1 fully saturated rings. The number of hydrogen-bond donors (Lipinski definition) is 1. The molecule has 2 heterocycles. The molecule has 1 aliphatic rings. The lowest BCUT2D eigenvalue weighted by Crippen LogP contribution is -2.34. The Morgan fingerprint density at radius 2 is 2.06 bits per heavy atom. The second kappa shape index (κ2) is 6.40. The molecule has 1 unspecified atom stereocenters. The van der Waals surface area contributed by atoms with Crippen molar-refractivity contribution in [1.29, 1.82) is 0 Å². The van der Waals surface area contributed by atoms with Crippen LogP contribution in [-0.2, 0) is 9.84 Å². The number of piperidine rings is 1. The number of sulfone groups is 1. The number of rotatable bonds is 3. The molecule has 0 bridgehead atoms. The van der Waals surface area contributed by atoms with Gasteiger partial charge in [0.1, 0.15) is 0 Å². The van der Waals surface area contributed by atoms with Gasteiger partial charge < -0.3 is 5.32 Å². The molecule has 0 aliphatic carbocycles. The van der Waals surface area contributed by atoms with E-state index in [-0.39, 0.29) is 29.2 Å². The van der Waals surface area contributed by atoms with Crippen molar-refractivity contribution in [3.8, 4) is 0 Å². The molecule has 2 rings (SSSR count). The van der Waals surface area contributed by atoms with Gasteiger partial charge in [-0.15, -0.1) is 12.4 Å². The summed E-state index contributed by atoms with van der Waals surface area (Å²) in [7, 11) is -3.51. The van der Waals surface area contributed by atoms with Crippen LogP contribution >= 0.6 is 12.4 Å². The van der Waals surface area contributed by atoms with Crippen LogP contribution in [0.5, 0.6) is 0 Å². The third kappa shape index (κ3) is 3.86. The van der Waals surface area contributed by atoms with Gasteiger partial charge in [-0.25, -0.2) is 22.8 Å². The summed E-state index contributed by atoms with van der Waals surface area (Å²) in [5.41, 5.74) is 0. The van der Waals surface area contributed by atoms with Crippen molar-refractivity contribution >= 4 is 22.2 Å². The highest BCUT2D eigenvalue weighted by Gasteiger charge is 2.24. The normalized spacial score (nSPS) is 20.2. The topological polar surface area (TPSA) is 72.0 Å². The second-order valence-electron chi connectivity index (χ2n) is 4.18. The zero-order valence-electron chi connectivity index (χ0n) is 9.67. The minimum atomic E-state index is -3.51. The third-order valence-electron chi connectivity index (χ3n) is 2.73. The first-order chi connectivity index (χ1) is 8.08. The number of nitrogens with one attached hydrogen (secondary N) is 1. The van der Waals surface area contributed by atoms with E-state index in [4.69, 9.17) is 0 Å². The van der Waals surface area contributed by atoms with Crippen molar-refractivity contribution < 1.29 is 12.8 Å². The van der Waals surface area contributed by atoms with E-state index in [9.17, 15) is 12.8 Å². The maximum absolute atomic E-state index is 12.6. The van der Waals surface area contributed by atoms with Crippen LogP contribution in [0.1, 0.15) is 12.8 Å². The van der Waals surface area contributed by atoms with Gasteiger partial charge in [0, 0.05) is 0 Å². The minimum absolute atomic E-state index is 0. The van der Waals surface area contributed by atoms with Gasteiger partial charge in [-0.3, -0.25) is 0 Å². The summed E-state index contributed by atoms with van der Waals surface area (Å²) in [6.07, 6.45) is 3.61. The van der Waals surface area contributed by atoms with Crippen molar-refractivity contribution in [2.24, 2.45) is 5.92 Å². The molecule has 0 spiro atoms. The smallest absolute Gasteiger partial charge is 0.247 e. The molecule has 1 saturated heterocycles. The maximum Gasteiger partial charge on any atom is 0.247 e. The summed E-state index contributed by atoms with van der Waals surface area (Å²) in [6, 6.07) is 0. The largest absolute Gasteiger partial charge is 0.316 e. The molecule has 102 valence electrons. The van der Waals surface area contributed by atoms with Crippen LogP contribution in [0.4, 0.5) is 4.39 Å². The third-order valence-corrected chi connectivity index (χ3v) is 4.41. The monoisotopic (exact) mass is 295 g/mol. The van der Waals surface area contributed by atoms with E-state index in [0.717, 1.165) is 31.8 Å². The summed E-state index contributed by atoms with van der Waals surface area (Å²) >= 11 is 0. The number of hydrogen-bond acceptors (Lipinski definition) is 5. The molecular formula is C10H15ClFN3O2S. The highest BCUT2D eigenvalue weighted by atomic mass is 35.5. The van der Waals surface area contributed by atoms with Crippen LogP contribution in [0.25, 0.3) is 0 Å². The van der Waals surface area contributed by atoms with Crippen LogP contribution in [0.2, 0.25) is 0 Å². The lowest BCUT2D eigenvalue weighted by Gasteiger charge is -2.21. The van der Waals surface area contributed by atoms with Gasteiger partial charge >= 0.3 is 0 Å². The lowest BCUT2D eigenvalue weighted by atomic mass is 10.0. The summed E-state index contributed by atoms with van der Waals surface area (Å²) in [4.78, 5) is 7.04. The van der Waals surface area contributed by atoms with E-state index in [1.807, 2.05) is 0 Å². The molecule has 1 N–H and O–H groups in total. The highest BCUT2D eigenvalue weighted by Crippen LogP contribution is 2.15. The summed E-state index contributed by atoms with van der Waals surface area (Å²) in [6.45, 7) is 1.63. The van der Waals surface area contributed by atoms with Gasteiger partial charge in [0.05, 0.1) is 18.1 Å². The van der Waals surface area contributed by atoms with E-state index in [1.165, 1.54) is 0 Å². The molecule has 1 aliphatic heterocycles. The van der Waals surface area contributed by atoms with E-state index < -0.39 is 15.7 Å². The molecule has 0 aromatic carbocycles. The van der Waals surface area contributed by atoms with E-state index >= 15 is 0 Å². The Balaban J connectivity index is 0.00000162. The molecule has 1 aromatic heterocycles. The van der Waals surface area contributed by atoms with Crippen LogP contribution in [0.15, 0.2) is 17.6 Å². The maximum atomic E-state index is 12.6. The average Bonchev–Trinajstić information content (AvgIpc) is 2.30. The van der Waals surface area contributed by atoms with E-state index in [1.54, 1.807) is 0 Å². The Morgan fingerprint density at radius 1 is 1.39 bits per heavy atom. The SMILES string of the molecule is Cl.O=S(=O)(CC1CCCNC1)c1ncc(F)cn1. The first-order valence-electron chi connectivity index (χ1n) is 5.49. The zero-order chi connectivity index (χ0) is 12.3. The van der Waals surface area contributed by atoms with Crippen LogP contribution in [-0.4, -0.2) is 37.2 Å². The highest BCUT2D eigenvalue weighted by molar-refractivity contribution is 7.91. The zero-order valence-corrected chi connectivity index (χ0v) is 11.3. The van der Waals surface area contributed by atoms with Crippen LogP contribution < -0.4 is 5.32 Å². The molecule has 18 heavy (non-hydrogen) atoms. The fourth-order valence-electron chi connectivity index (χ4n) is 1.91. The Labute approximate surface area is 112 Å². The van der Waals surface area contributed by atoms with Crippen molar-refractivity contribution in [2.45, 2.75) is 18.0 Å². The summed E-state index contributed by atoms with van der Waals surface area (Å²) in [5.74, 6) is -0.531. The van der Waals surface area contributed by atoms with Gasteiger partial charge in [0.15, 0.2) is 5.82 Å². The Kier molecular flexibility index (Phi) is 5.43. The van der Waals surface area contributed by atoms with Gasteiger partial charge in [-0.1, -0.05) is 0 Å². The lowest BCUT2D eigenvalue weighted by molar-refractivity contribution is 0.403. The van der Waals surface area contributed by atoms with Gasteiger partial charge in [-0.05, 0) is 31.8 Å². The number of halogens is 2. The summed E-state index contributed by atoms with van der Waals surface area (Å²) in [5, 5.41) is 2.87. The predicted octanol–water partition coefficient (Wildman–Crippen LogP) is 0.811. The first-order valence-corrected chi connectivity index (χ1v) is 7.14. The van der Waals surface area contributed by atoms with Crippen molar-refractivity contribution in [1.82, 2.24) is 15.3 Å². The number of aromatic nitrogens is 2. The first kappa shape index (κ1) is 15.3. The molecular weight excluding hydrogens is 281 g/mol. The van der Waals surface area contributed by atoms with Gasteiger partial charge in [0.2, 0.25) is 15.0 Å². The van der Waals surface area contributed by atoms with E-state index in [2.05, 4.69) is 15.3 Å². The molecule has 5 nitrogen and oxygen atoms in total. The van der Waals surface area contributed by atoms with Gasteiger partial charge in [-0.2, -0.15) is 0 Å². The van der Waals surface area contributed by atoms with Crippen molar-refractivity contribution in [2.75, 3.05) is 18.8 Å². The fraction of sp³-hybridized carbons (Fsp3) is 0.600. The standard InChI is InChI=1S/C10H14FN3O2S.ClH/c11-9-5-13-10(14-6-9)17(15,16)7-8-2-1-3-12-4-8;/h5-6,8,12H,1-4,7H2;1H. The second-order valence-corrected chi connectivity index (χ2v) is 6.11. The summed E-state index contributed by atoms with van der Waals surface area (Å²) < 4.78 is 36.5. The average molecular weight is 296 g/mol. The van der Waals surface area contributed by atoms with Crippen LogP contribution in [0, 0.1) is 11.7 Å².